The second-order valence-corrected chi connectivity index (χ2v) is 9.39. The van der Waals surface area contributed by atoms with Crippen LogP contribution in [0.4, 0.5) is 0 Å². The predicted octanol–water partition coefficient (Wildman–Crippen LogP) is 3.03. The van der Waals surface area contributed by atoms with Crippen LogP contribution in [0.25, 0.3) is 0 Å². The Bertz CT molecular complexity index is 642. The Morgan fingerprint density at radius 2 is 1.92 bits per heavy atom. The van der Waals surface area contributed by atoms with Crippen LogP contribution in [0.2, 0.25) is 0 Å². The molecule has 2 bridgehead atoms. The van der Waals surface area contributed by atoms with Crippen LogP contribution in [0.15, 0.2) is 12.7 Å². The van der Waals surface area contributed by atoms with Crippen molar-refractivity contribution in [1.29, 1.82) is 0 Å². The molecule has 132 valence electrons. The summed E-state index contributed by atoms with van der Waals surface area (Å²) in [4.78, 5) is 25.8. The molecule has 1 N–H and O–H groups in total. The molecule has 0 aromatic heterocycles. The van der Waals surface area contributed by atoms with Crippen molar-refractivity contribution in [3.05, 3.63) is 12.7 Å². The molecule has 1 saturated heterocycles. The van der Waals surface area contributed by atoms with Crippen molar-refractivity contribution in [2.45, 2.75) is 71.0 Å². The number of carbonyl (C=O) groups excluding carboxylic acids is 2. The molecular weight excluding hydrogens is 304 g/mol. The summed E-state index contributed by atoms with van der Waals surface area (Å²) in [5.74, 6) is -0.336. The Labute approximate surface area is 143 Å². The number of Topliss-reactive ketones (excluding diaryl/α,β-unsaturated/α-hetero) is 1. The first-order chi connectivity index (χ1) is 11.1. The number of hydrogen-bond donors (Lipinski definition) is 1. The third kappa shape index (κ3) is 1.59. The molecule has 24 heavy (non-hydrogen) atoms. The number of ketones is 1. The van der Waals surface area contributed by atoms with Crippen LogP contribution in [-0.2, 0) is 14.3 Å². The van der Waals surface area contributed by atoms with Gasteiger partial charge in [-0.05, 0) is 44.4 Å². The van der Waals surface area contributed by atoms with Crippen LogP contribution in [0.3, 0.4) is 0 Å². The van der Waals surface area contributed by atoms with E-state index in [1.807, 2.05) is 19.9 Å². The van der Waals surface area contributed by atoms with E-state index in [-0.39, 0.29) is 29.0 Å². The number of ether oxygens (including phenoxy) is 1. The molecular formula is C20H28O4. The normalized spacial score (nSPS) is 56.2. The van der Waals surface area contributed by atoms with Gasteiger partial charge < -0.3 is 9.84 Å². The van der Waals surface area contributed by atoms with Gasteiger partial charge in [-0.3, -0.25) is 9.59 Å². The first-order valence-corrected chi connectivity index (χ1v) is 9.21. The lowest BCUT2D eigenvalue weighted by Crippen LogP contribution is -2.69. The van der Waals surface area contributed by atoms with E-state index in [1.54, 1.807) is 0 Å². The Hall–Kier alpha value is -1.16. The summed E-state index contributed by atoms with van der Waals surface area (Å²) in [7, 11) is 0. The summed E-state index contributed by atoms with van der Waals surface area (Å²) in [6.45, 7) is 9.94. The number of hydrogen-bond acceptors (Lipinski definition) is 4. The average molecular weight is 332 g/mol. The second-order valence-electron chi connectivity index (χ2n) is 9.39. The number of aliphatic hydroxyl groups is 1. The molecule has 1 aliphatic heterocycles. The van der Waals surface area contributed by atoms with E-state index < -0.39 is 22.5 Å². The monoisotopic (exact) mass is 332 g/mol. The maximum Gasteiger partial charge on any atom is 0.312 e. The van der Waals surface area contributed by atoms with Crippen LogP contribution < -0.4 is 0 Å². The average Bonchev–Trinajstić information content (AvgIpc) is 2.64. The number of fused-ring (bicyclic) bond motifs is 1. The fraction of sp³-hybridized carbons (Fsp3) is 0.800. The lowest BCUT2D eigenvalue weighted by Gasteiger charge is -2.63. The zero-order valence-corrected chi connectivity index (χ0v) is 14.9. The van der Waals surface area contributed by atoms with Crippen molar-refractivity contribution < 1.29 is 19.4 Å². The van der Waals surface area contributed by atoms with Crippen LogP contribution >= 0.6 is 0 Å². The Kier molecular flexibility index (Phi) is 3.07. The molecule has 0 radical (unpaired) electrons. The lowest BCUT2D eigenvalue weighted by molar-refractivity contribution is -0.233. The van der Waals surface area contributed by atoms with Gasteiger partial charge in [-0.15, -0.1) is 6.58 Å². The van der Waals surface area contributed by atoms with Gasteiger partial charge in [-0.2, -0.15) is 0 Å². The van der Waals surface area contributed by atoms with E-state index in [4.69, 9.17) is 4.74 Å². The van der Waals surface area contributed by atoms with Crippen molar-refractivity contribution >= 4 is 11.8 Å². The molecule has 3 aliphatic carbocycles. The Balaban J connectivity index is 1.88. The van der Waals surface area contributed by atoms with Gasteiger partial charge in [0.05, 0.1) is 11.5 Å². The predicted molar refractivity (Wildman–Crippen MR) is 89.0 cm³/mol. The minimum atomic E-state index is -0.691. The summed E-state index contributed by atoms with van der Waals surface area (Å²) in [5, 5.41) is 11.2. The zero-order chi connectivity index (χ0) is 17.5. The zero-order valence-electron chi connectivity index (χ0n) is 14.9. The highest BCUT2D eigenvalue weighted by Crippen LogP contribution is 2.70. The molecule has 4 fully saturated rings. The maximum atomic E-state index is 13.1. The van der Waals surface area contributed by atoms with E-state index in [9.17, 15) is 14.7 Å². The van der Waals surface area contributed by atoms with Gasteiger partial charge in [-0.25, -0.2) is 0 Å². The van der Waals surface area contributed by atoms with E-state index in [2.05, 4.69) is 13.5 Å². The topological polar surface area (TPSA) is 63.6 Å². The first-order valence-electron chi connectivity index (χ1n) is 9.21. The van der Waals surface area contributed by atoms with Gasteiger partial charge in [0.25, 0.3) is 0 Å². The fourth-order valence-electron chi connectivity index (χ4n) is 6.56. The number of rotatable bonds is 1. The lowest BCUT2D eigenvalue weighted by atomic mass is 9.41. The minimum Gasteiger partial charge on any atom is -0.458 e. The number of carbonyl (C=O) groups is 2. The van der Waals surface area contributed by atoms with Crippen LogP contribution in [0.1, 0.15) is 59.3 Å². The maximum absolute atomic E-state index is 13.1. The Morgan fingerprint density at radius 1 is 1.21 bits per heavy atom. The molecule has 4 aliphatic rings. The van der Waals surface area contributed by atoms with Gasteiger partial charge in [0.1, 0.15) is 11.4 Å². The number of allylic oxidation sites excluding steroid dienone is 1. The molecule has 4 heteroatoms. The van der Waals surface area contributed by atoms with E-state index in [0.29, 0.717) is 19.3 Å². The van der Waals surface area contributed by atoms with Crippen LogP contribution in [0, 0.1) is 28.1 Å². The minimum absolute atomic E-state index is 0.0947. The quantitative estimate of drug-likeness (QED) is 0.592. The highest BCUT2D eigenvalue weighted by atomic mass is 16.6. The summed E-state index contributed by atoms with van der Waals surface area (Å²) >= 11 is 0. The van der Waals surface area contributed by atoms with Crippen molar-refractivity contribution in [3.8, 4) is 0 Å². The molecule has 0 amide bonds. The van der Waals surface area contributed by atoms with Crippen LogP contribution in [-0.4, -0.2) is 28.6 Å². The fourth-order valence-corrected chi connectivity index (χ4v) is 6.56. The SMILES string of the molecule is C=C[C@@]1(C)C[C@@H]2C(=O)C[C@H]3[C@]4(C)CCC[C@]3(OC4=O)[C@]2(C)[C@@H](O)C1. The summed E-state index contributed by atoms with van der Waals surface area (Å²) in [5.41, 5.74) is -2.19. The van der Waals surface area contributed by atoms with Crippen molar-refractivity contribution in [2.75, 3.05) is 0 Å². The van der Waals surface area contributed by atoms with Gasteiger partial charge in [-0.1, -0.05) is 19.9 Å². The first kappa shape index (κ1) is 16.3. The molecule has 0 aromatic carbocycles. The highest BCUT2D eigenvalue weighted by Gasteiger charge is 2.77. The summed E-state index contributed by atoms with van der Waals surface area (Å²) < 4.78 is 6.10. The van der Waals surface area contributed by atoms with Crippen LogP contribution in [0.5, 0.6) is 0 Å². The van der Waals surface area contributed by atoms with Gasteiger partial charge in [0, 0.05) is 23.7 Å². The summed E-state index contributed by atoms with van der Waals surface area (Å²) in [6, 6.07) is 0. The Morgan fingerprint density at radius 3 is 2.58 bits per heavy atom. The molecule has 4 nitrogen and oxygen atoms in total. The molecule has 0 aromatic rings. The molecule has 3 saturated carbocycles. The molecule has 7 atom stereocenters. The van der Waals surface area contributed by atoms with E-state index in [1.165, 1.54) is 0 Å². The molecule has 0 unspecified atom stereocenters. The highest BCUT2D eigenvalue weighted by molar-refractivity contribution is 5.89. The smallest absolute Gasteiger partial charge is 0.312 e. The van der Waals surface area contributed by atoms with Crippen molar-refractivity contribution in [3.63, 3.8) is 0 Å². The third-order valence-electron chi connectivity index (χ3n) is 8.26. The van der Waals surface area contributed by atoms with Gasteiger partial charge >= 0.3 is 5.97 Å². The van der Waals surface area contributed by atoms with Gasteiger partial charge in [0.15, 0.2) is 0 Å². The van der Waals surface area contributed by atoms with Gasteiger partial charge in [0.2, 0.25) is 0 Å². The number of aliphatic hydroxyl groups excluding tert-OH is 1. The summed E-state index contributed by atoms with van der Waals surface area (Å²) in [6.07, 6.45) is 5.33. The van der Waals surface area contributed by atoms with E-state index in [0.717, 1.165) is 19.3 Å². The largest absolute Gasteiger partial charge is 0.458 e. The molecule has 1 heterocycles. The second kappa shape index (κ2) is 4.51. The standard InChI is InChI=1S/C20H28O4/c1-5-17(2)10-12-13(21)9-14-18(3)7-6-8-20(14,24-16(18)23)19(12,4)15(22)11-17/h5,12,14-15,22H,1,6-11H2,2-4H3/t12-,14+,15+,17+,18+,19+,20-/m1/s1. The molecule has 4 rings (SSSR count). The van der Waals surface area contributed by atoms with E-state index >= 15 is 0 Å². The molecule has 0 spiro atoms. The number of esters is 1. The third-order valence-corrected chi connectivity index (χ3v) is 8.26. The van der Waals surface area contributed by atoms with Crippen molar-refractivity contribution in [1.82, 2.24) is 0 Å². The van der Waals surface area contributed by atoms with Crippen molar-refractivity contribution in [2.24, 2.45) is 28.1 Å².